The molecule has 0 spiro atoms. The van der Waals surface area contributed by atoms with Crippen LogP contribution < -0.4 is 4.72 Å². The first-order valence-corrected chi connectivity index (χ1v) is 8.14. The lowest BCUT2D eigenvalue weighted by Crippen LogP contribution is -2.42. The average molecular weight is 292 g/mol. The van der Waals surface area contributed by atoms with Gasteiger partial charge in [0.05, 0.1) is 5.92 Å². The van der Waals surface area contributed by atoms with Crippen molar-refractivity contribution in [2.24, 2.45) is 17.8 Å². The standard InChI is InChI=1S/C12H24N2O4S/c1-9(2)6-11(12(15)16)7-13-19(17,18)14-5-4-10(3)8-14/h9-11,13H,4-8H2,1-3H3,(H,15,16). The van der Waals surface area contributed by atoms with Gasteiger partial charge >= 0.3 is 5.97 Å². The molecule has 1 heterocycles. The molecule has 0 aromatic rings. The molecule has 1 aliphatic heterocycles. The van der Waals surface area contributed by atoms with Crippen molar-refractivity contribution in [3.05, 3.63) is 0 Å². The summed E-state index contributed by atoms with van der Waals surface area (Å²) in [6.07, 6.45) is 1.32. The molecule has 0 saturated carbocycles. The smallest absolute Gasteiger partial charge is 0.307 e. The van der Waals surface area contributed by atoms with E-state index in [1.54, 1.807) is 0 Å². The highest BCUT2D eigenvalue weighted by atomic mass is 32.2. The normalized spacial score (nSPS) is 22.8. The lowest BCUT2D eigenvalue weighted by molar-refractivity contribution is -0.142. The largest absolute Gasteiger partial charge is 0.481 e. The van der Waals surface area contributed by atoms with Gasteiger partial charge in [0, 0.05) is 19.6 Å². The van der Waals surface area contributed by atoms with E-state index >= 15 is 0 Å². The molecule has 0 radical (unpaired) electrons. The van der Waals surface area contributed by atoms with Crippen LogP contribution in [0.15, 0.2) is 0 Å². The molecule has 0 aromatic carbocycles. The fraction of sp³-hybridized carbons (Fsp3) is 0.917. The van der Waals surface area contributed by atoms with Crippen LogP contribution in [0, 0.1) is 17.8 Å². The van der Waals surface area contributed by atoms with E-state index in [1.807, 2.05) is 20.8 Å². The van der Waals surface area contributed by atoms with Gasteiger partial charge in [-0.25, -0.2) is 4.72 Å². The van der Waals surface area contributed by atoms with Crippen molar-refractivity contribution in [1.29, 1.82) is 0 Å². The number of nitrogens with one attached hydrogen (secondary N) is 1. The Morgan fingerprint density at radius 3 is 2.53 bits per heavy atom. The summed E-state index contributed by atoms with van der Waals surface area (Å²) in [5.74, 6) is -1.04. The Balaban J connectivity index is 2.55. The van der Waals surface area contributed by atoms with Gasteiger partial charge in [0.15, 0.2) is 0 Å². The number of hydrogen-bond donors (Lipinski definition) is 2. The molecule has 0 aromatic heterocycles. The summed E-state index contributed by atoms with van der Waals surface area (Å²) in [7, 11) is -3.54. The Labute approximate surface area is 115 Å². The van der Waals surface area contributed by atoms with Crippen LogP contribution in [0.3, 0.4) is 0 Å². The zero-order chi connectivity index (χ0) is 14.6. The van der Waals surface area contributed by atoms with E-state index in [1.165, 1.54) is 4.31 Å². The summed E-state index contributed by atoms with van der Waals surface area (Å²) in [4.78, 5) is 11.1. The van der Waals surface area contributed by atoms with Crippen LogP contribution in [0.5, 0.6) is 0 Å². The van der Waals surface area contributed by atoms with Crippen molar-refractivity contribution in [2.45, 2.75) is 33.6 Å². The summed E-state index contributed by atoms with van der Waals surface area (Å²) in [5.41, 5.74) is 0. The molecule has 2 N–H and O–H groups in total. The average Bonchev–Trinajstić information content (AvgIpc) is 2.71. The highest BCUT2D eigenvalue weighted by Gasteiger charge is 2.30. The van der Waals surface area contributed by atoms with Gasteiger partial charge in [-0.1, -0.05) is 20.8 Å². The summed E-state index contributed by atoms with van der Waals surface area (Å²) in [5, 5.41) is 9.08. The fourth-order valence-corrected chi connectivity index (χ4v) is 3.64. The van der Waals surface area contributed by atoms with Crippen LogP contribution in [0.1, 0.15) is 33.6 Å². The second-order valence-corrected chi connectivity index (χ2v) is 7.53. The first kappa shape index (κ1) is 16.4. The summed E-state index contributed by atoms with van der Waals surface area (Å²) in [6.45, 7) is 6.84. The maximum atomic E-state index is 12.0. The number of rotatable bonds is 7. The third-order valence-corrected chi connectivity index (χ3v) is 4.89. The zero-order valence-corrected chi connectivity index (χ0v) is 12.6. The highest BCUT2D eigenvalue weighted by Crippen LogP contribution is 2.18. The molecular weight excluding hydrogens is 268 g/mol. The predicted molar refractivity (Wildman–Crippen MR) is 72.9 cm³/mol. The Hall–Kier alpha value is -0.660. The number of hydrogen-bond acceptors (Lipinski definition) is 3. The number of carboxylic acids is 1. The third-order valence-electron chi connectivity index (χ3n) is 3.34. The Morgan fingerprint density at radius 1 is 1.47 bits per heavy atom. The summed E-state index contributed by atoms with van der Waals surface area (Å²) in [6, 6.07) is 0. The van der Waals surface area contributed by atoms with E-state index in [4.69, 9.17) is 5.11 Å². The second-order valence-electron chi connectivity index (χ2n) is 5.77. The molecule has 1 saturated heterocycles. The van der Waals surface area contributed by atoms with Gasteiger partial charge in [0.2, 0.25) is 0 Å². The van der Waals surface area contributed by atoms with Crippen LogP contribution in [-0.4, -0.2) is 43.4 Å². The van der Waals surface area contributed by atoms with E-state index in [2.05, 4.69) is 4.72 Å². The fourth-order valence-electron chi connectivity index (χ4n) is 2.25. The number of aliphatic carboxylic acids is 1. The lowest BCUT2D eigenvalue weighted by atomic mass is 9.98. The van der Waals surface area contributed by atoms with E-state index in [9.17, 15) is 13.2 Å². The highest BCUT2D eigenvalue weighted by molar-refractivity contribution is 7.87. The van der Waals surface area contributed by atoms with Gasteiger partial charge < -0.3 is 5.11 Å². The Bertz CT molecular complexity index is 408. The topological polar surface area (TPSA) is 86.7 Å². The molecule has 19 heavy (non-hydrogen) atoms. The van der Waals surface area contributed by atoms with Gasteiger partial charge in [0.1, 0.15) is 0 Å². The van der Waals surface area contributed by atoms with Gasteiger partial charge in [-0.05, 0) is 24.7 Å². The Morgan fingerprint density at radius 2 is 2.11 bits per heavy atom. The van der Waals surface area contributed by atoms with Gasteiger partial charge in [0.25, 0.3) is 10.2 Å². The molecule has 7 heteroatoms. The minimum Gasteiger partial charge on any atom is -0.481 e. The minimum absolute atomic E-state index is 0.0409. The number of carbonyl (C=O) groups is 1. The van der Waals surface area contributed by atoms with Crippen molar-refractivity contribution in [3.8, 4) is 0 Å². The van der Waals surface area contributed by atoms with Crippen molar-refractivity contribution in [3.63, 3.8) is 0 Å². The van der Waals surface area contributed by atoms with Crippen molar-refractivity contribution >= 4 is 16.2 Å². The van der Waals surface area contributed by atoms with Crippen LogP contribution in [0.2, 0.25) is 0 Å². The molecule has 112 valence electrons. The van der Waals surface area contributed by atoms with Crippen LogP contribution in [-0.2, 0) is 15.0 Å². The molecular formula is C12H24N2O4S. The quantitative estimate of drug-likeness (QED) is 0.730. The van der Waals surface area contributed by atoms with Crippen molar-refractivity contribution in [1.82, 2.24) is 9.03 Å². The summed E-state index contributed by atoms with van der Waals surface area (Å²) < 4.78 is 27.8. The molecule has 0 aliphatic carbocycles. The zero-order valence-electron chi connectivity index (χ0n) is 11.8. The molecule has 0 bridgehead atoms. The molecule has 0 amide bonds. The first-order valence-electron chi connectivity index (χ1n) is 6.70. The van der Waals surface area contributed by atoms with E-state index in [-0.39, 0.29) is 12.5 Å². The molecule has 1 rings (SSSR count). The van der Waals surface area contributed by atoms with Gasteiger partial charge in [-0.3, -0.25) is 4.79 Å². The van der Waals surface area contributed by atoms with E-state index in [0.29, 0.717) is 25.4 Å². The Kier molecular flexibility index (Phi) is 5.76. The molecule has 1 fully saturated rings. The van der Waals surface area contributed by atoms with Crippen LogP contribution in [0.4, 0.5) is 0 Å². The molecule has 2 unspecified atom stereocenters. The van der Waals surface area contributed by atoms with Crippen LogP contribution >= 0.6 is 0 Å². The minimum atomic E-state index is -3.54. The SMILES string of the molecule is CC(C)CC(CNS(=O)(=O)N1CCC(C)C1)C(=O)O. The summed E-state index contributed by atoms with van der Waals surface area (Å²) >= 11 is 0. The van der Waals surface area contributed by atoms with Gasteiger partial charge in [-0.15, -0.1) is 0 Å². The lowest BCUT2D eigenvalue weighted by Gasteiger charge is -2.19. The van der Waals surface area contributed by atoms with Crippen molar-refractivity contribution in [2.75, 3.05) is 19.6 Å². The maximum absolute atomic E-state index is 12.0. The van der Waals surface area contributed by atoms with Crippen molar-refractivity contribution < 1.29 is 18.3 Å². The number of carboxylic acid groups (broad SMARTS) is 1. The molecule has 1 aliphatic rings. The molecule has 6 nitrogen and oxygen atoms in total. The van der Waals surface area contributed by atoms with Gasteiger partial charge in [-0.2, -0.15) is 12.7 Å². The first-order chi connectivity index (χ1) is 8.72. The second kappa shape index (κ2) is 6.67. The monoisotopic (exact) mass is 292 g/mol. The maximum Gasteiger partial charge on any atom is 0.307 e. The molecule has 2 atom stereocenters. The number of nitrogens with zero attached hydrogens (tertiary/aromatic N) is 1. The van der Waals surface area contributed by atoms with E-state index in [0.717, 1.165) is 6.42 Å². The predicted octanol–water partition coefficient (Wildman–Crippen LogP) is 0.910. The third kappa shape index (κ3) is 5.08. The van der Waals surface area contributed by atoms with E-state index < -0.39 is 22.1 Å². The van der Waals surface area contributed by atoms with Crippen LogP contribution in [0.25, 0.3) is 0 Å².